The lowest BCUT2D eigenvalue weighted by Crippen LogP contribution is -2.26. The maximum atomic E-state index is 11.5. The van der Waals surface area contributed by atoms with Crippen molar-refractivity contribution in [3.63, 3.8) is 0 Å². The maximum absolute atomic E-state index is 11.5. The quantitative estimate of drug-likeness (QED) is 0.703. The Hall–Kier alpha value is -2.18. The van der Waals surface area contributed by atoms with E-state index in [1.165, 1.54) is 0 Å². The molecule has 2 aliphatic rings. The molecule has 24 heavy (non-hydrogen) atoms. The van der Waals surface area contributed by atoms with Crippen LogP contribution in [0.15, 0.2) is 24.3 Å². The lowest BCUT2D eigenvalue weighted by atomic mass is 9.87. The van der Waals surface area contributed by atoms with Gasteiger partial charge >= 0.3 is 0 Å². The first-order chi connectivity index (χ1) is 11.3. The smallest absolute Gasteiger partial charge is 0.235 e. The number of carbonyl (C=O) groups excluding carboxylic acids is 2. The van der Waals surface area contributed by atoms with Gasteiger partial charge in [-0.05, 0) is 26.0 Å². The molecular weight excluding hydrogens is 351 g/mol. The van der Waals surface area contributed by atoms with E-state index in [0.717, 1.165) is 11.1 Å². The SMILES string of the molecule is CC1(C)C(=O)Nc2nc(Cl)ccc21.O=C1Cc2ccc(Cl)nc2N1. The molecule has 2 aromatic rings. The van der Waals surface area contributed by atoms with Crippen LogP contribution in [0.5, 0.6) is 0 Å². The number of nitrogens with zero attached hydrogens (tertiary/aromatic N) is 2. The van der Waals surface area contributed by atoms with Crippen LogP contribution in [0.4, 0.5) is 11.6 Å². The van der Waals surface area contributed by atoms with E-state index >= 15 is 0 Å². The Morgan fingerprint density at radius 2 is 1.58 bits per heavy atom. The number of anilines is 2. The van der Waals surface area contributed by atoms with Crippen molar-refractivity contribution in [2.75, 3.05) is 10.6 Å². The van der Waals surface area contributed by atoms with E-state index in [-0.39, 0.29) is 11.8 Å². The van der Waals surface area contributed by atoms with E-state index in [9.17, 15) is 9.59 Å². The van der Waals surface area contributed by atoms with Gasteiger partial charge < -0.3 is 10.6 Å². The summed E-state index contributed by atoms with van der Waals surface area (Å²) >= 11 is 11.3. The number of hydrogen-bond donors (Lipinski definition) is 2. The van der Waals surface area contributed by atoms with Crippen molar-refractivity contribution in [1.82, 2.24) is 9.97 Å². The molecule has 0 atom stereocenters. The van der Waals surface area contributed by atoms with Crippen LogP contribution in [0, 0.1) is 0 Å². The second kappa shape index (κ2) is 6.03. The largest absolute Gasteiger partial charge is 0.310 e. The first kappa shape index (κ1) is 16.7. The normalized spacial score (nSPS) is 16.5. The Morgan fingerprint density at radius 1 is 0.958 bits per heavy atom. The van der Waals surface area contributed by atoms with Gasteiger partial charge in [0.25, 0.3) is 0 Å². The van der Waals surface area contributed by atoms with Gasteiger partial charge in [-0.3, -0.25) is 9.59 Å². The lowest BCUT2D eigenvalue weighted by molar-refractivity contribution is -0.119. The number of nitrogens with one attached hydrogen (secondary N) is 2. The number of pyridine rings is 2. The average Bonchev–Trinajstić information content (AvgIpc) is 2.96. The molecule has 0 bridgehead atoms. The van der Waals surface area contributed by atoms with Crippen molar-refractivity contribution in [2.45, 2.75) is 25.7 Å². The molecule has 2 aliphatic heterocycles. The topological polar surface area (TPSA) is 84.0 Å². The summed E-state index contributed by atoms with van der Waals surface area (Å²) < 4.78 is 0. The van der Waals surface area contributed by atoms with Crippen LogP contribution in [-0.2, 0) is 21.4 Å². The van der Waals surface area contributed by atoms with Gasteiger partial charge in [0.1, 0.15) is 21.9 Å². The summed E-state index contributed by atoms with van der Waals surface area (Å²) in [5, 5.41) is 6.11. The van der Waals surface area contributed by atoms with Crippen LogP contribution in [0.2, 0.25) is 10.3 Å². The molecule has 0 radical (unpaired) electrons. The van der Waals surface area contributed by atoms with Gasteiger partial charge in [0.15, 0.2) is 0 Å². The van der Waals surface area contributed by atoms with Gasteiger partial charge in [0, 0.05) is 11.1 Å². The Bertz CT molecular complexity index is 852. The molecule has 4 rings (SSSR count). The average molecular weight is 365 g/mol. The number of rotatable bonds is 0. The molecule has 0 aliphatic carbocycles. The second-order valence-electron chi connectivity index (χ2n) is 5.98. The van der Waals surface area contributed by atoms with Crippen LogP contribution in [0.1, 0.15) is 25.0 Å². The second-order valence-corrected chi connectivity index (χ2v) is 6.75. The molecular formula is C16H14Cl2N4O2. The summed E-state index contributed by atoms with van der Waals surface area (Å²) in [5.74, 6) is 1.14. The predicted molar refractivity (Wildman–Crippen MR) is 92.5 cm³/mol. The molecule has 0 aromatic carbocycles. The number of carbonyl (C=O) groups is 2. The molecule has 2 amide bonds. The highest BCUT2D eigenvalue weighted by molar-refractivity contribution is 6.30. The lowest BCUT2D eigenvalue weighted by Gasteiger charge is -2.13. The Morgan fingerprint density at radius 3 is 2.29 bits per heavy atom. The van der Waals surface area contributed by atoms with E-state index in [1.807, 2.05) is 26.0 Å². The highest BCUT2D eigenvalue weighted by Crippen LogP contribution is 2.36. The number of halogens is 2. The summed E-state index contributed by atoms with van der Waals surface area (Å²) in [5.41, 5.74) is 1.33. The Kier molecular flexibility index (Phi) is 4.19. The summed E-state index contributed by atoms with van der Waals surface area (Å²) in [7, 11) is 0. The molecule has 4 heterocycles. The standard InChI is InChI=1S/C9H9ClN2O.C7H5ClN2O/c1-9(2)5-3-4-6(10)11-7(5)12-8(9)13;8-5-2-1-4-3-6(11)10-7(4)9-5/h3-4H,1-2H3,(H,11,12,13);1-2H,3H2,(H,9,10,11). The van der Waals surface area contributed by atoms with E-state index in [1.54, 1.807) is 12.1 Å². The minimum absolute atomic E-state index is 0.0187. The number of fused-ring (bicyclic) bond motifs is 2. The van der Waals surface area contributed by atoms with Gasteiger partial charge in [-0.25, -0.2) is 9.97 Å². The Balaban J connectivity index is 0.000000143. The van der Waals surface area contributed by atoms with Crippen molar-refractivity contribution < 1.29 is 9.59 Å². The van der Waals surface area contributed by atoms with E-state index in [4.69, 9.17) is 23.2 Å². The maximum Gasteiger partial charge on any atom is 0.235 e. The minimum Gasteiger partial charge on any atom is -0.310 e. The molecule has 6 nitrogen and oxygen atoms in total. The Labute approximate surface area is 148 Å². The minimum atomic E-state index is -0.493. The van der Waals surface area contributed by atoms with Crippen molar-refractivity contribution in [3.05, 3.63) is 45.7 Å². The van der Waals surface area contributed by atoms with E-state index in [0.29, 0.717) is 28.4 Å². The van der Waals surface area contributed by atoms with Crippen molar-refractivity contribution in [2.24, 2.45) is 0 Å². The summed E-state index contributed by atoms with van der Waals surface area (Å²) in [4.78, 5) is 30.3. The van der Waals surface area contributed by atoms with Crippen LogP contribution in [-0.4, -0.2) is 21.8 Å². The zero-order valence-corrected chi connectivity index (χ0v) is 14.5. The number of amides is 2. The number of aromatic nitrogens is 2. The molecule has 8 heteroatoms. The van der Waals surface area contributed by atoms with Crippen LogP contribution < -0.4 is 10.6 Å². The fourth-order valence-corrected chi connectivity index (χ4v) is 2.78. The van der Waals surface area contributed by atoms with Crippen molar-refractivity contribution >= 4 is 46.7 Å². The van der Waals surface area contributed by atoms with Gasteiger partial charge in [-0.2, -0.15) is 0 Å². The predicted octanol–water partition coefficient (Wildman–Crippen LogP) is 3.19. The zero-order chi connectivity index (χ0) is 17.5. The van der Waals surface area contributed by atoms with Gasteiger partial charge in [-0.15, -0.1) is 0 Å². The van der Waals surface area contributed by atoms with Crippen LogP contribution in [0.3, 0.4) is 0 Å². The molecule has 2 aromatic heterocycles. The monoisotopic (exact) mass is 364 g/mol. The van der Waals surface area contributed by atoms with E-state index < -0.39 is 5.41 Å². The third kappa shape index (κ3) is 3.07. The first-order valence-electron chi connectivity index (χ1n) is 7.21. The highest BCUT2D eigenvalue weighted by Gasteiger charge is 2.39. The molecule has 2 N–H and O–H groups in total. The fraction of sp³-hybridized carbons (Fsp3) is 0.250. The molecule has 124 valence electrons. The molecule has 0 fully saturated rings. The van der Waals surface area contributed by atoms with Crippen LogP contribution in [0.25, 0.3) is 0 Å². The van der Waals surface area contributed by atoms with Crippen molar-refractivity contribution in [3.8, 4) is 0 Å². The molecule has 0 spiro atoms. The summed E-state index contributed by atoms with van der Waals surface area (Å²) in [6.07, 6.45) is 0.416. The van der Waals surface area contributed by atoms with Gasteiger partial charge in [-0.1, -0.05) is 35.3 Å². The molecule has 0 saturated heterocycles. The zero-order valence-electron chi connectivity index (χ0n) is 13.0. The first-order valence-corrected chi connectivity index (χ1v) is 7.97. The van der Waals surface area contributed by atoms with Crippen molar-refractivity contribution in [1.29, 1.82) is 0 Å². The summed E-state index contributed by atoms with van der Waals surface area (Å²) in [6, 6.07) is 7.02. The molecule has 0 saturated carbocycles. The fourth-order valence-electron chi connectivity index (χ4n) is 2.49. The number of hydrogen-bond acceptors (Lipinski definition) is 4. The molecule has 0 unspecified atom stereocenters. The summed E-state index contributed by atoms with van der Waals surface area (Å²) in [6.45, 7) is 3.73. The van der Waals surface area contributed by atoms with Gasteiger partial charge in [0.2, 0.25) is 11.8 Å². The van der Waals surface area contributed by atoms with Crippen LogP contribution >= 0.6 is 23.2 Å². The third-order valence-electron chi connectivity index (χ3n) is 3.89. The third-order valence-corrected chi connectivity index (χ3v) is 4.31. The van der Waals surface area contributed by atoms with E-state index in [2.05, 4.69) is 20.6 Å². The van der Waals surface area contributed by atoms with Gasteiger partial charge in [0.05, 0.1) is 11.8 Å². The highest BCUT2D eigenvalue weighted by atomic mass is 35.5.